The molecule has 2 aromatic rings. The molecule has 0 aliphatic rings. The number of benzene rings is 1. The summed E-state index contributed by atoms with van der Waals surface area (Å²) in [5.41, 5.74) is 18.1. The summed E-state index contributed by atoms with van der Waals surface area (Å²) in [6.45, 7) is 3.86. The van der Waals surface area contributed by atoms with E-state index in [0.717, 1.165) is 5.56 Å². The standard InChI is InChI=1S/C27H41N9O5/c1-3-16(2)22(36-23(37)19(28)12-17-8-5-4-6-9-17)25(39)35-21(13-18-14-31-15-33-18)24(38)34-20(26(40)41)10-7-11-32-27(29)30/h4-6,8-9,14-16,19-22H,3,7,10-13,28H2,1-2H3,(H,31,33)(H,34,38)(H,35,39)(H,36,37)(H,40,41)(H4,29,30,32). The first-order chi connectivity index (χ1) is 19.5. The molecule has 1 aromatic heterocycles. The Balaban J connectivity index is 2.16. The van der Waals surface area contributed by atoms with Gasteiger partial charge in [0.15, 0.2) is 5.96 Å². The van der Waals surface area contributed by atoms with Gasteiger partial charge in [-0.1, -0.05) is 50.6 Å². The molecule has 0 spiro atoms. The number of rotatable bonds is 17. The first-order valence-electron chi connectivity index (χ1n) is 13.5. The number of aromatic nitrogens is 2. The van der Waals surface area contributed by atoms with Crippen molar-refractivity contribution in [3.8, 4) is 0 Å². The Morgan fingerprint density at radius 2 is 1.68 bits per heavy atom. The predicted molar refractivity (Wildman–Crippen MR) is 153 cm³/mol. The summed E-state index contributed by atoms with van der Waals surface area (Å²) in [6, 6.07) is 4.99. The average molecular weight is 572 g/mol. The van der Waals surface area contributed by atoms with Crippen molar-refractivity contribution in [2.45, 2.75) is 70.1 Å². The fourth-order valence-electron chi connectivity index (χ4n) is 4.04. The van der Waals surface area contributed by atoms with Crippen LogP contribution in [0.25, 0.3) is 0 Å². The molecule has 0 aliphatic carbocycles. The van der Waals surface area contributed by atoms with Gasteiger partial charge in [-0.05, 0) is 30.7 Å². The van der Waals surface area contributed by atoms with E-state index in [4.69, 9.17) is 17.2 Å². The van der Waals surface area contributed by atoms with Gasteiger partial charge in [0.1, 0.15) is 18.1 Å². The number of guanidine groups is 1. The molecule has 0 bridgehead atoms. The van der Waals surface area contributed by atoms with Crippen LogP contribution in [0.1, 0.15) is 44.4 Å². The van der Waals surface area contributed by atoms with Gasteiger partial charge >= 0.3 is 5.97 Å². The normalized spacial score (nSPS) is 14.5. The lowest BCUT2D eigenvalue weighted by molar-refractivity contribution is -0.142. The molecule has 0 aliphatic heterocycles. The minimum atomic E-state index is -1.24. The van der Waals surface area contributed by atoms with Crippen LogP contribution in [0.3, 0.4) is 0 Å². The van der Waals surface area contributed by atoms with Crippen molar-refractivity contribution in [1.29, 1.82) is 0 Å². The van der Waals surface area contributed by atoms with Crippen molar-refractivity contribution in [2.75, 3.05) is 6.54 Å². The molecule has 224 valence electrons. The molecule has 14 heteroatoms. The van der Waals surface area contributed by atoms with Gasteiger partial charge in [0.05, 0.1) is 12.4 Å². The van der Waals surface area contributed by atoms with E-state index in [2.05, 4.69) is 30.9 Å². The Hall–Kier alpha value is -4.46. The van der Waals surface area contributed by atoms with E-state index >= 15 is 0 Å². The number of carbonyl (C=O) groups excluding carboxylic acids is 3. The summed E-state index contributed by atoms with van der Waals surface area (Å²) in [6.07, 6.45) is 4.13. The number of carbonyl (C=O) groups is 4. The number of imidazole rings is 1. The summed E-state index contributed by atoms with van der Waals surface area (Å²) in [4.78, 5) is 62.1. The van der Waals surface area contributed by atoms with Crippen molar-refractivity contribution in [2.24, 2.45) is 28.1 Å². The van der Waals surface area contributed by atoms with Gasteiger partial charge in [0.25, 0.3) is 0 Å². The second-order valence-electron chi connectivity index (χ2n) is 9.86. The summed E-state index contributed by atoms with van der Waals surface area (Å²) < 4.78 is 0. The second-order valence-corrected chi connectivity index (χ2v) is 9.86. The van der Waals surface area contributed by atoms with Gasteiger partial charge in [-0.25, -0.2) is 9.78 Å². The van der Waals surface area contributed by atoms with Crippen molar-refractivity contribution in [3.63, 3.8) is 0 Å². The number of nitrogens with one attached hydrogen (secondary N) is 4. The topological polar surface area (TPSA) is 244 Å². The van der Waals surface area contributed by atoms with E-state index in [1.54, 1.807) is 6.92 Å². The molecule has 0 radical (unpaired) electrons. The number of amides is 3. The molecule has 14 nitrogen and oxygen atoms in total. The Labute approximate surface area is 238 Å². The summed E-state index contributed by atoms with van der Waals surface area (Å²) in [5.74, 6) is -3.47. The van der Waals surface area contributed by atoms with Gasteiger partial charge in [-0.3, -0.25) is 19.4 Å². The predicted octanol–water partition coefficient (Wildman–Crippen LogP) is -0.839. The van der Waals surface area contributed by atoms with Crippen molar-refractivity contribution in [3.05, 3.63) is 54.1 Å². The number of carboxylic acid groups (broad SMARTS) is 1. The largest absolute Gasteiger partial charge is 0.480 e. The average Bonchev–Trinajstić information content (AvgIpc) is 3.45. The molecule has 41 heavy (non-hydrogen) atoms. The van der Waals surface area contributed by atoms with Crippen molar-refractivity contribution < 1.29 is 24.3 Å². The van der Waals surface area contributed by atoms with Crippen molar-refractivity contribution >= 4 is 29.7 Å². The van der Waals surface area contributed by atoms with Crippen LogP contribution >= 0.6 is 0 Å². The second kappa shape index (κ2) is 16.6. The molecular weight excluding hydrogens is 530 g/mol. The quantitative estimate of drug-likeness (QED) is 0.0669. The molecule has 0 saturated heterocycles. The summed E-state index contributed by atoms with van der Waals surface area (Å²) in [5, 5.41) is 17.6. The van der Waals surface area contributed by atoms with Crippen LogP contribution in [0.4, 0.5) is 0 Å². The lowest BCUT2D eigenvalue weighted by Gasteiger charge is -2.28. The fourth-order valence-corrected chi connectivity index (χ4v) is 4.04. The number of aromatic amines is 1. The van der Waals surface area contributed by atoms with E-state index in [1.807, 2.05) is 37.3 Å². The van der Waals surface area contributed by atoms with Crippen LogP contribution in [0.15, 0.2) is 47.8 Å². The number of hydrogen-bond donors (Lipinski definition) is 8. The monoisotopic (exact) mass is 571 g/mol. The van der Waals surface area contributed by atoms with Crippen LogP contribution in [0.2, 0.25) is 0 Å². The van der Waals surface area contributed by atoms with Gasteiger partial charge < -0.3 is 43.2 Å². The van der Waals surface area contributed by atoms with Crippen LogP contribution in [-0.2, 0) is 32.0 Å². The number of H-pyrrole nitrogens is 1. The third-order valence-electron chi connectivity index (χ3n) is 6.60. The number of carboxylic acids is 1. The fraction of sp³-hybridized carbons (Fsp3) is 0.481. The van der Waals surface area contributed by atoms with E-state index < -0.39 is 47.9 Å². The first-order valence-corrected chi connectivity index (χ1v) is 13.5. The van der Waals surface area contributed by atoms with Crippen LogP contribution < -0.4 is 33.2 Å². The van der Waals surface area contributed by atoms with Gasteiger partial charge in [-0.15, -0.1) is 0 Å². The molecular formula is C27H41N9O5. The number of nitrogens with zero attached hydrogens (tertiary/aromatic N) is 2. The van der Waals surface area contributed by atoms with Crippen molar-refractivity contribution in [1.82, 2.24) is 25.9 Å². The number of hydrogen-bond acceptors (Lipinski definition) is 7. The maximum atomic E-state index is 13.5. The number of nitrogens with two attached hydrogens (primary N) is 3. The zero-order chi connectivity index (χ0) is 30.4. The molecule has 0 saturated carbocycles. The highest BCUT2D eigenvalue weighted by Gasteiger charge is 2.32. The minimum Gasteiger partial charge on any atom is -0.480 e. The number of aliphatic carboxylic acids is 1. The van der Waals surface area contributed by atoms with E-state index in [-0.39, 0.29) is 37.7 Å². The SMILES string of the molecule is CCC(C)C(NC(=O)C(N)Cc1ccccc1)C(=O)NC(Cc1cnc[nH]1)C(=O)NC(CCCN=C(N)N)C(=O)O. The molecule has 11 N–H and O–H groups in total. The van der Waals surface area contributed by atoms with Gasteiger partial charge in [-0.2, -0.15) is 0 Å². The maximum Gasteiger partial charge on any atom is 0.326 e. The highest BCUT2D eigenvalue weighted by Crippen LogP contribution is 2.11. The Kier molecular flexibility index (Phi) is 13.3. The first kappa shape index (κ1) is 32.8. The third-order valence-corrected chi connectivity index (χ3v) is 6.60. The zero-order valence-corrected chi connectivity index (χ0v) is 23.4. The maximum absolute atomic E-state index is 13.5. The van der Waals surface area contributed by atoms with E-state index in [9.17, 15) is 24.3 Å². The third kappa shape index (κ3) is 11.3. The molecule has 1 heterocycles. The Bertz CT molecular complexity index is 1150. The summed E-state index contributed by atoms with van der Waals surface area (Å²) in [7, 11) is 0. The van der Waals surface area contributed by atoms with Crippen LogP contribution in [0, 0.1) is 5.92 Å². The highest BCUT2D eigenvalue weighted by molar-refractivity contribution is 5.94. The molecule has 3 amide bonds. The minimum absolute atomic E-state index is 0.00655. The van der Waals surface area contributed by atoms with Gasteiger partial charge in [0, 0.05) is 24.9 Å². The zero-order valence-electron chi connectivity index (χ0n) is 23.4. The Morgan fingerprint density at radius 3 is 2.27 bits per heavy atom. The smallest absolute Gasteiger partial charge is 0.326 e. The molecule has 0 fully saturated rings. The molecule has 5 unspecified atom stereocenters. The lowest BCUT2D eigenvalue weighted by atomic mass is 9.96. The van der Waals surface area contributed by atoms with Crippen LogP contribution in [-0.4, -0.2) is 75.4 Å². The van der Waals surface area contributed by atoms with Gasteiger partial charge in [0.2, 0.25) is 17.7 Å². The van der Waals surface area contributed by atoms with E-state index in [0.29, 0.717) is 18.5 Å². The summed E-state index contributed by atoms with van der Waals surface area (Å²) >= 11 is 0. The lowest BCUT2D eigenvalue weighted by Crippen LogP contribution is -2.59. The molecule has 2 rings (SSSR count). The number of aliphatic imine (C=N–C) groups is 1. The molecule has 5 atom stereocenters. The Morgan fingerprint density at radius 1 is 1.00 bits per heavy atom. The highest BCUT2D eigenvalue weighted by atomic mass is 16.4. The van der Waals surface area contributed by atoms with Crippen LogP contribution in [0.5, 0.6) is 0 Å². The molecule has 1 aromatic carbocycles. The van der Waals surface area contributed by atoms with E-state index in [1.165, 1.54) is 12.5 Å².